The minimum absolute atomic E-state index is 0.702. The first-order valence-electron chi connectivity index (χ1n) is 13.1. The average molecular weight is 571 g/mol. The minimum Gasteiger partial charge on any atom is -0.497 e. The van der Waals surface area contributed by atoms with Gasteiger partial charge in [-0.15, -0.1) is 0 Å². The zero-order valence-electron chi connectivity index (χ0n) is 25.2. The molecule has 0 heterocycles. The Kier molecular flexibility index (Phi) is 12.2. The molecule has 0 spiro atoms. The van der Waals surface area contributed by atoms with Crippen molar-refractivity contribution in [2.24, 2.45) is 0 Å². The molecule has 4 rings (SSSR count). The Hall–Kier alpha value is -5.04. The van der Waals surface area contributed by atoms with Gasteiger partial charge in [0.25, 0.3) is 0 Å². The normalized spacial score (nSPS) is 10.5. The summed E-state index contributed by atoms with van der Waals surface area (Å²) in [5.41, 5.74) is 4.13. The molecule has 0 saturated carbocycles. The second-order valence-corrected chi connectivity index (χ2v) is 8.85. The molecule has 0 aromatic heterocycles. The van der Waals surface area contributed by atoms with Gasteiger partial charge in [0.1, 0.15) is 28.7 Å². The first-order valence-corrected chi connectivity index (χ1v) is 13.1. The van der Waals surface area contributed by atoms with Gasteiger partial charge in [0.05, 0.1) is 49.8 Å². The van der Waals surface area contributed by atoms with E-state index in [0.717, 1.165) is 51.0 Å². The maximum absolute atomic E-state index is 5.30. The summed E-state index contributed by atoms with van der Waals surface area (Å²) < 4.78 is 36.7. The van der Waals surface area contributed by atoms with Crippen LogP contribution in [0.2, 0.25) is 0 Å². The third-order valence-electron chi connectivity index (χ3n) is 6.21. The number of hydrogen-bond acceptors (Lipinski definition) is 7. The summed E-state index contributed by atoms with van der Waals surface area (Å²) in [6, 6.07) is 25.2. The van der Waals surface area contributed by atoms with Gasteiger partial charge in [0, 0.05) is 12.1 Å². The van der Waals surface area contributed by atoms with Gasteiger partial charge in [-0.05, 0) is 70.8 Å². The first kappa shape index (κ1) is 31.5. The van der Waals surface area contributed by atoms with Gasteiger partial charge < -0.3 is 33.2 Å². The SMILES string of the molecule is COc1cc(/C=C/c2ccc(OC)c(OC)c2)cc(OC)c1.COc1ccc(/C=C/c2cc(OC)cc(OC)c2)cc1. The monoisotopic (exact) mass is 570 g/mol. The Bertz CT molecular complexity index is 1430. The molecule has 0 aliphatic rings. The molecule has 0 atom stereocenters. The third kappa shape index (κ3) is 9.27. The van der Waals surface area contributed by atoms with E-state index in [4.69, 9.17) is 33.2 Å². The lowest BCUT2D eigenvalue weighted by Gasteiger charge is -2.08. The maximum atomic E-state index is 5.30. The van der Waals surface area contributed by atoms with Gasteiger partial charge in [-0.2, -0.15) is 0 Å². The molecule has 220 valence electrons. The Morgan fingerprint density at radius 2 is 0.690 bits per heavy atom. The summed E-state index contributed by atoms with van der Waals surface area (Å²) in [6.07, 6.45) is 8.04. The highest BCUT2D eigenvalue weighted by Crippen LogP contribution is 2.29. The fourth-order valence-electron chi connectivity index (χ4n) is 3.91. The largest absolute Gasteiger partial charge is 0.497 e. The van der Waals surface area contributed by atoms with Crippen LogP contribution in [0.15, 0.2) is 78.9 Å². The molecule has 0 aliphatic carbocycles. The van der Waals surface area contributed by atoms with E-state index >= 15 is 0 Å². The molecule has 0 N–H and O–H groups in total. The molecule has 42 heavy (non-hydrogen) atoms. The van der Waals surface area contributed by atoms with Crippen LogP contribution in [-0.2, 0) is 0 Å². The van der Waals surface area contributed by atoms with E-state index in [9.17, 15) is 0 Å². The Balaban J connectivity index is 0.000000231. The minimum atomic E-state index is 0.702. The highest BCUT2D eigenvalue weighted by atomic mass is 16.5. The highest BCUT2D eigenvalue weighted by Gasteiger charge is 2.04. The summed E-state index contributed by atoms with van der Waals surface area (Å²) in [5.74, 6) is 5.33. The summed E-state index contributed by atoms with van der Waals surface area (Å²) in [6.45, 7) is 0. The van der Waals surface area contributed by atoms with Gasteiger partial charge in [0.2, 0.25) is 0 Å². The lowest BCUT2D eigenvalue weighted by atomic mass is 10.1. The molecule has 0 radical (unpaired) electrons. The molecule has 7 heteroatoms. The average Bonchev–Trinajstić information content (AvgIpc) is 3.06. The smallest absolute Gasteiger partial charge is 0.161 e. The second kappa shape index (κ2) is 16.3. The van der Waals surface area contributed by atoms with E-state index in [0.29, 0.717) is 11.5 Å². The molecular weight excluding hydrogens is 532 g/mol. The molecule has 0 unspecified atom stereocenters. The van der Waals surface area contributed by atoms with Crippen LogP contribution >= 0.6 is 0 Å². The van der Waals surface area contributed by atoms with Crippen molar-refractivity contribution in [3.8, 4) is 40.2 Å². The van der Waals surface area contributed by atoms with Crippen LogP contribution in [0, 0.1) is 0 Å². The Labute approximate surface area is 248 Å². The van der Waals surface area contributed by atoms with Crippen LogP contribution in [0.5, 0.6) is 40.2 Å². The van der Waals surface area contributed by atoms with Gasteiger partial charge in [-0.1, -0.05) is 42.5 Å². The fourth-order valence-corrected chi connectivity index (χ4v) is 3.91. The van der Waals surface area contributed by atoms with Crippen LogP contribution < -0.4 is 33.2 Å². The van der Waals surface area contributed by atoms with Crippen LogP contribution in [0.1, 0.15) is 22.3 Å². The van der Waals surface area contributed by atoms with Crippen LogP contribution in [0.25, 0.3) is 24.3 Å². The molecule has 0 saturated heterocycles. The predicted octanol–water partition coefficient (Wildman–Crippen LogP) is 7.77. The maximum Gasteiger partial charge on any atom is 0.161 e. The zero-order valence-corrected chi connectivity index (χ0v) is 25.2. The molecule has 0 aliphatic heterocycles. The van der Waals surface area contributed by atoms with E-state index in [2.05, 4.69) is 0 Å². The Morgan fingerprint density at radius 1 is 0.310 bits per heavy atom. The van der Waals surface area contributed by atoms with Crippen molar-refractivity contribution < 1.29 is 33.2 Å². The molecule has 4 aromatic carbocycles. The van der Waals surface area contributed by atoms with Gasteiger partial charge in [-0.3, -0.25) is 0 Å². The first-order chi connectivity index (χ1) is 20.4. The standard InChI is InChI=1S/C18H20O4.C17H18O3/c1-19-15-9-14(10-16(12-15)20-2)6-5-13-7-8-17(21-3)18(11-13)22-4;1-18-15-8-6-13(7-9-15)4-5-14-10-16(19-2)12-17(11-14)20-3/h5-12H,1-4H3;4-12H,1-3H3/b6-5+;5-4+. The van der Waals surface area contributed by atoms with Crippen LogP contribution in [0.4, 0.5) is 0 Å². The van der Waals surface area contributed by atoms with Crippen LogP contribution in [0.3, 0.4) is 0 Å². The van der Waals surface area contributed by atoms with Crippen molar-refractivity contribution in [2.45, 2.75) is 0 Å². The predicted molar refractivity (Wildman–Crippen MR) is 169 cm³/mol. The molecule has 0 amide bonds. The van der Waals surface area contributed by atoms with E-state index in [1.165, 1.54) is 0 Å². The number of rotatable bonds is 11. The second-order valence-electron chi connectivity index (χ2n) is 8.85. The summed E-state index contributed by atoms with van der Waals surface area (Å²) in [4.78, 5) is 0. The lowest BCUT2D eigenvalue weighted by molar-refractivity contribution is 0.355. The summed E-state index contributed by atoms with van der Waals surface area (Å²) in [7, 11) is 11.5. The van der Waals surface area contributed by atoms with Crippen molar-refractivity contribution in [2.75, 3.05) is 49.8 Å². The molecule has 0 bridgehead atoms. The van der Waals surface area contributed by atoms with Gasteiger partial charge in [0.15, 0.2) is 11.5 Å². The number of ether oxygens (including phenoxy) is 7. The van der Waals surface area contributed by atoms with E-state index in [-0.39, 0.29) is 0 Å². The molecule has 4 aromatic rings. The van der Waals surface area contributed by atoms with Crippen LogP contribution in [-0.4, -0.2) is 49.8 Å². The quantitative estimate of drug-likeness (QED) is 0.171. The summed E-state index contributed by atoms with van der Waals surface area (Å²) >= 11 is 0. The fraction of sp³-hybridized carbons (Fsp3) is 0.200. The van der Waals surface area contributed by atoms with Gasteiger partial charge >= 0.3 is 0 Å². The molecular formula is C35H38O7. The number of methoxy groups -OCH3 is 7. The summed E-state index contributed by atoms with van der Waals surface area (Å²) in [5, 5.41) is 0. The van der Waals surface area contributed by atoms with E-state index in [1.54, 1.807) is 49.8 Å². The number of benzene rings is 4. The lowest BCUT2D eigenvalue weighted by Crippen LogP contribution is -1.90. The van der Waals surface area contributed by atoms with Crippen molar-refractivity contribution >= 4 is 24.3 Å². The third-order valence-corrected chi connectivity index (χ3v) is 6.21. The Morgan fingerprint density at radius 3 is 1.10 bits per heavy atom. The van der Waals surface area contributed by atoms with Crippen molar-refractivity contribution in [1.29, 1.82) is 0 Å². The van der Waals surface area contributed by atoms with Crippen molar-refractivity contribution in [3.05, 3.63) is 101 Å². The zero-order chi connectivity index (χ0) is 30.3. The number of hydrogen-bond donors (Lipinski definition) is 0. The van der Waals surface area contributed by atoms with E-state index < -0.39 is 0 Å². The van der Waals surface area contributed by atoms with E-state index in [1.807, 2.05) is 103 Å². The van der Waals surface area contributed by atoms with Crippen molar-refractivity contribution in [1.82, 2.24) is 0 Å². The topological polar surface area (TPSA) is 64.6 Å². The molecule has 7 nitrogen and oxygen atoms in total. The highest BCUT2D eigenvalue weighted by molar-refractivity contribution is 5.73. The van der Waals surface area contributed by atoms with Gasteiger partial charge in [-0.25, -0.2) is 0 Å². The molecule has 0 fully saturated rings. The van der Waals surface area contributed by atoms with Crippen molar-refractivity contribution in [3.63, 3.8) is 0 Å².